The van der Waals surface area contributed by atoms with Crippen molar-refractivity contribution < 1.29 is 13.9 Å². The van der Waals surface area contributed by atoms with Crippen LogP contribution >= 0.6 is 0 Å². The Kier molecular flexibility index (Phi) is 4.88. The molecule has 0 spiro atoms. The zero-order chi connectivity index (χ0) is 20.6. The van der Waals surface area contributed by atoms with E-state index in [-0.39, 0.29) is 12.0 Å². The van der Waals surface area contributed by atoms with E-state index in [1.165, 1.54) is 19.1 Å². The lowest BCUT2D eigenvalue weighted by atomic mass is 10.0. The van der Waals surface area contributed by atoms with Gasteiger partial charge < -0.3 is 5.11 Å². The monoisotopic (exact) mass is 393 g/mol. The lowest BCUT2D eigenvalue weighted by Crippen LogP contribution is -2.10. The summed E-state index contributed by atoms with van der Waals surface area (Å²) in [6.45, 7) is 3.19. The minimum Gasteiger partial charge on any atom is -0.389 e. The number of hydrogen-bond acceptors (Lipinski definition) is 3. The standard InChI is InChI=1S/C23H21F2N3O/c1-3-23(24,25)20-9-7-16(8-10-20)19-12-26-22-21(13-27-28(22)14-19)18-6-4-5-17(11-18)15(2)29/h4-15,29H,3H2,1-2H3. The number of alkyl halides is 2. The van der Waals surface area contributed by atoms with Crippen molar-refractivity contribution in [3.05, 3.63) is 78.2 Å². The third kappa shape index (κ3) is 3.63. The van der Waals surface area contributed by atoms with E-state index in [0.29, 0.717) is 5.65 Å². The van der Waals surface area contributed by atoms with Crippen molar-refractivity contribution in [2.45, 2.75) is 32.3 Å². The van der Waals surface area contributed by atoms with Crippen molar-refractivity contribution in [3.8, 4) is 22.3 Å². The van der Waals surface area contributed by atoms with Crippen molar-refractivity contribution >= 4 is 5.65 Å². The SMILES string of the molecule is CCC(F)(F)c1ccc(-c2cnc3c(-c4cccc(C(C)O)c4)cnn3c2)cc1. The highest BCUT2D eigenvalue weighted by Crippen LogP contribution is 2.33. The summed E-state index contributed by atoms with van der Waals surface area (Å²) in [4.78, 5) is 4.55. The first kappa shape index (κ1) is 19.2. The molecule has 4 nitrogen and oxygen atoms in total. The maximum absolute atomic E-state index is 13.8. The molecule has 29 heavy (non-hydrogen) atoms. The predicted molar refractivity (Wildman–Crippen MR) is 109 cm³/mol. The van der Waals surface area contributed by atoms with Gasteiger partial charge in [-0.15, -0.1) is 0 Å². The van der Waals surface area contributed by atoms with Gasteiger partial charge in [0.15, 0.2) is 5.65 Å². The number of halogens is 2. The molecule has 0 fully saturated rings. The van der Waals surface area contributed by atoms with Gasteiger partial charge >= 0.3 is 0 Å². The van der Waals surface area contributed by atoms with Gasteiger partial charge in [-0.1, -0.05) is 49.4 Å². The van der Waals surface area contributed by atoms with Crippen LogP contribution < -0.4 is 0 Å². The summed E-state index contributed by atoms with van der Waals surface area (Å²) in [6.07, 6.45) is 4.49. The molecule has 0 saturated heterocycles. The molecule has 0 aliphatic carbocycles. The Morgan fingerprint density at radius 3 is 2.48 bits per heavy atom. The Balaban J connectivity index is 1.69. The highest BCUT2D eigenvalue weighted by atomic mass is 19.3. The molecule has 2 heterocycles. The van der Waals surface area contributed by atoms with Crippen LogP contribution in [0.25, 0.3) is 27.9 Å². The maximum atomic E-state index is 13.8. The number of aliphatic hydroxyl groups is 1. The summed E-state index contributed by atoms with van der Waals surface area (Å²) in [6, 6.07) is 13.9. The van der Waals surface area contributed by atoms with E-state index in [1.54, 1.807) is 36.0 Å². The van der Waals surface area contributed by atoms with Crippen LogP contribution in [0.2, 0.25) is 0 Å². The fourth-order valence-electron chi connectivity index (χ4n) is 3.30. The number of hydrogen-bond donors (Lipinski definition) is 1. The second-order valence-corrected chi connectivity index (χ2v) is 7.11. The molecule has 0 saturated carbocycles. The average Bonchev–Trinajstić information content (AvgIpc) is 3.17. The first-order chi connectivity index (χ1) is 13.9. The van der Waals surface area contributed by atoms with Crippen LogP contribution in [0.1, 0.15) is 37.5 Å². The maximum Gasteiger partial charge on any atom is 0.273 e. The quantitative estimate of drug-likeness (QED) is 0.479. The zero-order valence-electron chi connectivity index (χ0n) is 16.2. The number of nitrogens with zero attached hydrogens (tertiary/aromatic N) is 3. The van der Waals surface area contributed by atoms with Crippen LogP contribution in [0.5, 0.6) is 0 Å². The van der Waals surface area contributed by atoms with E-state index in [4.69, 9.17) is 0 Å². The third-order valence-electron chi connectivity index (χ3n) is 5.12. The predicted octanol–water partition coefficient (Wildman–Crippen LogP) is 5.62. The molecule has 0 amide bonds. The van der Waals surface area contributed by atoms with E-state index in [2.05, 4.69) is 10.1 Å². The van der Waals surface area contributed by atoms with Crippen LogP contribution in [0.3, 0.4) is 0 Å². The van der Waals surface area contributed by atoms with Crippen LogP contribution in [0, 0.1) is 0 Å². The molecule has 2 aromatic heterocycles. The van der Waals surface area contributed by atoms with Gasteiger partial charge in [0.25, 0.3) is 5.92 Å². The molecule has 0 bridgehead atoms. The lowest BCUT2D eigenvalue weighted by molar-refractivity contribution is -0.00827. The summed E-state index contributed by atoms with van der Waals surface area (Å²) in [5.41, 5.74) is 4.88. The Morgan fingerprint density at radius 1 is 1.03 bits per heavy atom. The van der Waals surface area contributed by atoms with Gasteiger partial charge in [0.1, 0.15) is 0 Å². The largest absolute Gasteiger partial charge is 0.389 e. The Labute approximate surface area is 167 Å². The van der Waals surface area contributed by atoms with Crippen molar-refractivity contribution in [1.29, 1.82) is 0 Å². The Hall–Kier alpha value is -3.12. The van der Waals surface area contributed by atoms with E-state index in [0.717, 1.165) is 27.8 Å². The first-order valence-electron chi connectivity index (χ1n) is 9.49. The Bertz CT molecular complexity index is 1150. The van der Waals surface area contributed by atoms with Crippen molar-refractivity contribution in [3.63, 3.8) is 0 Å². The minimum absolute atomic E-state index is 0.0113. The highest BCUT2D eigenvalue weighted by molar-refractivity contribution is 5.78. The van der Waals surface area contributed by atoms with E-state index in [1.807, 2.05) is 30.5 Å². The van der Waals surface area contributed by atoms with Crippen LogP contribution in [-0.4, -0.2) is 19.7 Å². The molecule has 0 aliphatic heterocycles. The molecular formula is C23H21F2N3O. The van der Waals surface area contributed by atoms with Gasteiger partial charge in [0.2, 0.25) is 0 Å². The molecule has 1 atom stereocenters. The second-order valence-electron chi connectivity index (χ2n) is 7.11. The van der Waals surface area contributed by atoms with Crippen molar-refractivity contribution in [2.75, 3.05) is 0 Å². The summed E-state index contributed by atoms with van der Waals surface area (Å²) in [5, 5.41) is 14.2. The lowest BCUT2D eigenvalue weighted by Gasteiger charge is -2.14. The summed E-state index contributed by atoms with van der Waals surface area (Å²) in [5.74, 6) is -2.82. The van der Waals surface area contributed by atoms with Gasteiger partial charge in [-0.2, -0.15) is 5.10 Å². The normalized spacial score (nSPS) is 13.0. The van der Waals surface area contributed by atoms with Gasteiger partial charge in [0, 0.05) is 35.5 Å². The highest BCUT2D eigenvalue weighted by Gasteiger charge is 2.28. The molecular weight excluding hydrogens is 372 g/mol. The smallest absolute Gasteiger partial charge is 0.273 e. The number of rotatable bonds is 5. The topological polar surface area (TPSA) is 50.4 Å². The minimum atomic E-state index is -2.82. The first-order valence-corrected chi connectivity index (χ1v) is 9.49. The fraction of sp³-hybridized carbons (Fsp3) is 0.217. The third-order valence-corrected chi connectivity index (χ3v) is 5.12. The molecule has 0 radical (unpaired) electrons. The fourth-order valence-corrected chi connectivity index (χ4v) is 3.30. The number of aromatic nitrogens is 3. The van der Waals surface area contributed by atoms with E-state index >= 15 is 0 Å². The molecule has 4 rings (SSSR count). The summed E-state index contributed by atoms with van der Waals surface area (Å²) in [7, 11) is 0. The van der Waals surface area contributed by atoms with E-state index in [9.17, 15) is 13.9 Å². The summed E-state index contributed by atoms with van der Waals surface area (Å²) < 4.78 is 29.3. The molecule has 1 unspecified atom stereocenters. The van der Waals surface area contributed by atoms with Gasteiger partial charge in [-0.05, 0) is 29.7 Å². The van der Waals surface area contributed by atoms with Crippen LogP contribution in [0.15, 0.2) is 67.1 Å². The molecule has 4 aromatic rings. The molecule has 1 N–H and O–H groups in total. The summed E-state index contributed by atoms with van der Waals surface area (Å²) >= 11 is 0. The van der Waals surface area contributed by atoms with Crippen LogP contribution in [0.4, 0.5) is 8.78 Å². The molecule has 0 aliphatic rings. The van der Waals surface area contributed by atoms with Gasteiger partial charge in [-0.25, -0.2) is 18.3 Å². The molecule has 148 valence electrons. The Morgan fingerprint density at radius 2 is 1.79 bits per heavy atom. The average molecular weight is 393 g/mol. The van der Waals surface area contributed by atoms with Gasteiger partial charge in [0.05, 0.1) is 12.3 Å². The molecule has 6 heteroatoms. The van der Waals surface area contributed by atoms with Crippen molar-refractivity contribution in [1.82, 2.24) is 14.6 Å². The number of benzene rings is 2. The second kappa shape index (κ2) is 7.37. The zero-order valence-corrected chi connectivity index (χ0v) is 16.2. The van der Waals surface area contributed by atoms with E-state index < -0.39 is 12.0 Å². The van der Waals surface area contributed by atoms with Crippen molar-refractivity contribution in [2.24, 2.45) is 0 Å². The number of aliphatic hydroxyl groups excluding tert-OH is 1. The molecule has 2 aromatic carbocycles. The van der Waals surface area contributed by atoms with Gasteiger partial charge in [-0.3, -0.25) is 0 Å². The number of fused-ring (bicyclic) bond motifs is 1. The van der Waals surface area contributed by atoms with Crippen LogP contribution in [-0.2, 0) is 5.92 Å².